The van der Waals surface area contributed by atoms with Crippen LogP contribution in [0.5, 0.6) is 0 Å². The summed E-state index contributed by atoms with van der Waals surface area (Å²) in [4.78, 5) is 11.9. The van der Waals surface area contributed by atoms with Gasteiger partial charge < -0.3 is 0 Å². The van der Waals surface area contributed by atoms with Crippen molar-refractivity contribution >= 4 is 5.91 Å². The summed E-state index contributed by atoms with van der Waals surface area (Å²) in [5.41, 5.74) is 0.318. The van der Waals surface area contributed by atoms with Crippen LogP contribution in [0.4, 0.5) is 0 Å². The molecule has 1 saturated heterocycles. The maximum absolute atomic E-state index is 11.9. The summed E-state index contributed by atoms with van der Waals surface area (Å²) >= 11 is 0. The molecule has 1 aliphatic heterocycles. The van der Waals surface area contributed by atoms with Gasteiger partial charge in [-0.2, -0.15) is 0 Å². The summed E-state index contributed by atoms with van der Waals surface area (Å²) in [6.07, 6.45) is 1.04. The average molecular weight is 184 g/mol. The molecule has 0 spiro atoms. The minimum atomic E-state index is 0.230. The zero-order valence-corrected chi connectivity index (χ0v) is 9.55. The number of quaternary nitrogens is 1. The number of amides is 1. The number of rotatable bonds is 1. The van der Waals surface area contributed by atoms with Crippen molar-refractivity contribution in [1.82, 2.24) is 0 Å². The van der Waals surface area contributed by atoms with Gasteiger partial charge in [-0.1, -0.05) is 13.8 Å². The molecule has 1 aliphatic rings. The van der Waals surface area contributed by atoms with Crippen molar-refractivity contribution < 1.29 is 9.28 Å². The fourth-order valence-electron chi connectivity index (χ4n) is 2.80. The van der Waals surface area contributed by atoms with Crippen molar-refractivity contribution in [3.63, 3.8) is 0 Å². The highest BCUT2D eigenvalue weighted by molar-refractivity contribution is 5.72. The predicted octanol–water partition coefficient (Wildman–Crippen LogP) is 2.05. The molecule has 1 rings (SSSR count). The molecule has 0 aromatic rings. The van der Waals surface area contributed by atoms with Crippen LogP contribution in [0.2, 0.25) is 0 Å². The Balaban J connectivity index is 2.91. The monoisotopic (exact) mass is 184 g/mol. The summed E-state index contributed by atoms with van der Waals surface area (Å²) < 4.78 is 0.619. The number of carbonyl (C=O) groups excluding carboxylic acids is 1. The van der Waals surface area contributed by atoms with Gasteiger partial charge in [-0.15, -0.1) is 0 Å². The van der Waals surface area contributed by atoms with Gasteiger partial charge in [-0.25, -0.2) is 4.79 Å². The largest absolute Gasteiger partial charge is 0.316 e. The van der Waals surface area contributed by atoms with Gasteiger partial charge in [0.15, 0.2) is 0 Å². The molecular formula is C11H22NO+. The fourth-order valence-corrected chi connectivity index (χ4v) is 2.80. The van der Waals surface area contributed by atoms with Crippen molar-refractivity contribution in [2.45, 2.75) is 34.1 Å². The lowest BCUT2D eigenvalue weighted by Gasteiger charge is -2.44. The molecule has 0 N–H and O–H groups in total. The minimum Gasteiger partial charge on any atom is -0.262 e. The molecule has 1 heterocycles. The van der Waals surface area contributed by atoms with Gasteiger partial charge in [0.05, 0.1) is 26.1 Å². The van der Waals surface area contributed by atoms with Gasteiger partial charge >= 0.3 is 5.91 Å². The summed E-state index contributed by atoms with van der Waals surface area (Å²) in [7, 11) is 2.07. The molecule has 0 bridgehead atoms. The Hall–Kier alpha value is -0.370. The number of hydrogen-bond donors (Lipinski definition) is 0. The highest BCUT2D eigenvalue weighted by Gasteiger charge is 2.46. The molecule has 0 aliphatic carbocycles. The van der Waals surface area contributed by atoms with E-state index in [1.807, 2.05) is 0 Å². The average Bonchev–Trinajstić information content (AvgIpc) is 1.99. The Labute approximate surface area is 81.5 Å². The molecule has 0 aromatic carbocycles. The Kier molecular flexibility index (Phi) is 2.54. The summed E-state index contributed by atoms with van der Waals surface area (Å²) in [6, 6.07) is 0. The predicted molar refractivity (Wildman–Crippen MR) is 54.2 cm³/mol. The lowest BCUT2D eigenvalue weighted by atomic mass is 9.77. The van der Waals surface area contributed by atoms with Crippen molar-refractivity contribution in [3.8, 4) is 0 Å². The van der Waals surface area contributed by atoms with E-state index >= 15 is 0 Å². The van der Waals surface area contributed by atoms with Crippen LogP contribution in [0.25, 0.3) is 0 Å². The molecule has 2 atom stereocenters. The second-order valence-electron chi connectivity index (χ2n) is 5.48. The molecule has 13 heavy (non-hydrogen) atoms. The van der Waals surface area contributed by atoms with Gasteiger partial charge in [0.25, 0.3) is 0 Å². The smallest absolute Gasteiger partial charge is 0.262 e. The van der Waals surface area contributed by atoms with E-state index in [0.717, 1.165) is 19.5 Å². The van der Waals surface area contributed by atoms with Gasteiger partial charge in [0.2, 0.25) is 0 Å². The zero-order chi connectivity index (χ0) is 10.3. The molecule has 2 heteroatoms. The maximum atomic E-state index is 11.9. The fraction of sp³-hybridized carbons (Fsp3) is 0.909. The van der Waals surface area contributed by atoms with Gasteiger partial charge in [0, 0.05) is 5.41 Å². The van der Waals surface area contributed by atoms with E-state index < -0.39 is 0 Å². The van der Waals surface area contributed by atoms with Crippen LogP contribution in [-0.4, -0.2) is 30.5 Å². The first-order valence-electron chi connectivity index (χ1n) is 5.20. The van der Waals surface area contributed by atoms with Gasteiger partial charge in [-0.05, 0) is 20.3 Å². The van der Waals surface area contributed by atoms with E-state index in [2.05, 4.69) is 34.7 Å². The molecule has 1 fully saturated rings. The third-order valence-electron chi connectivity index (χ3n) is 3.29. The maximum Gasteiger partial charge on any atom is 0.316 e. The SMILES string of the molecule is CC[N+]1(C)CC(C)(C)CC(C)C1=O. The Morgan fingerprint density at radius 3 is 2.54 bits per heavy atom. The number of carbonyl (C=O) groups is 1. The second-order valence-corrected chi connectivity index (χ2v) is 5.48. The number of hydrogen-bond acceptors (Lipinski definition) is 1. The molecule has 0 radical (unpaired) electrons. The van der Waals surface area contributed by atoms with Crippen molar-refractivity contribution in [1.29, 1.82) is 0 Å². The van der Waals surface area contributed by atoms with E-state index in [1.165, 1.54) is 0 Å². The summed E-state index contributed by atoms with van der Waals surface area (Å²) in [6.45, 7) is 10.6. The molecule has 1 amide bonds. The summed E-state index contributed by atoms with van der Waals surface area (Å²) in [5, 5.41) is 0. The van der Waals surface area contributed by atoms with E-state index in [0.29, 0.717) is 15.8 Å². The van der Waals surface area contributed by atoms with Gasteiger partial charge in [0.1, 0.15) is 0 Å². The molecule has 0 aromatic heterocycles. The van der Waals surface area contributed by atoms with E-state index in [1.54, 1.807) is 0 Å². The van der Waals surface area contributed by atoms with Crippen LogP contribution < -0.4 is 0 Å². The van der Waals surface area contributed by atoms with Gasteiger partial charge in [-0.3, -0.25) is 4.48 Å². The third kappa shape index (κ3) is 1.93. The third-order valence-corrected chi connectivity index (χ3v) is 3.29. The quantitative estimate of drug-likeness (QED) is 0.570. The molecule has 0 saturated carbocycles. The zero-order valence-electron chi connectivity index (χ0n) is 9.55. The highest BCUT2D eigenvalue weighted by atomic mass is 16.2. The van der Waals surface area contributed by atoms with Crippen LogP contribution in [0.1, 0.15) is 34.1 Å². The summed E-state index contributed by atoms with van der Waals surface area (Å²) in [5.74, 6) is 0.649. The minimum absolute atomic E-state index is 0.230. The van der Waals surface area contributed by atoms with E-state index in [-0.39, 0.29) is 5.92 Å². The first-order valence-corrected chi connectivity index (χ1v) is 5.20. The van der Waals surface area contributed by atoms with Crippen LogP contribution >= 0.6 is 0 Å². The first kappa shape index (κ1) is 10.7. The molecule has 2 unspecified atom stereocenters. The number of nitrogens with zero attached hydrogens (tertiary/aromatic N) is 1. The van der Waals surface area contributed by atoms with Crippen molar-refractivity contribution in [3.05, 3.63) is 0 Å². The van der Waals surface area contributed by atoms with Crippen LogP contribution in [0, 0.1) is 11.3 Å². The highest BCUT2D eigenvalue weighted by Crippen LogP contribution is 2.35. The molecule has 76 valence electrons. The number of piperidine rings is 1. The van der Waals surface area contributed by atoms with Crippen LogP contribution in [0.3, 0.4) is 0 Å². The lowest BCUT2D eigenvalue weighted by Crippen LogP contribution is -2.60. The van der Waals surface area contributed by atoms with E-state index in [4.69, 9.17) is 0 Å². The Morgan fingerprint density at radius 2 is 2.08 bits per heavy atom. The standard InChI is InChI=1S/C11H22NO/c1-6-12(5)8-11(3,4)7-9(2)10(12)13/h9H,6-8H2,1-5H3/q+1. The second kappa shape index (κ2) is 3.09. The lowest BCUT2D eigenvalue weighted by molar-refractivity contribution is -0.846. The Bertz CT molecular complexity index is 222. The Morgan fingerprint density at radius 1 is 1.54 bits per heavy atom. The topological polar surface area (TPSA) is 17.1 Å². The normalized spacial score (nSPS) is 39.2. The van der Waals surface area contributed by atoms with Crippen LogP contribution in [0.15, 0.2) is 0 Å². The van der Waals surface area contributed by atoms with Crippen molar-refractivity contribution in [2.75, 3.05) is 20.1 Å². The number of likely N-dealkylation sites (tertiary alicyclic amines) is 1. The first-order chi connectivity index (χ1) is 5.81. The van der Waals surface area contributed by atoms with E-state index in [9.17, 15) is 4.79 Å². The van der Waals surface area contributed by atoms with Crippen LogP contribution in [-0.2, 0) is 4.79 Å². The molecular weight excluding hydrogens is 162 g/mol. The molecule has 2 nitrogen and oxygen atoms in total. The van der Waals surface area contributed by atoms with Crippen molar-refractivity contribution in [2.24, 2.45) is 11.3 Å².